The summed E-state index contributed by atoms with van der Waals surface area (Å²) in [5.41, 5.74) is 2.17. The molecular weight excluding hydrogens is 471 g/mol. The molecule has 0 fully saturated rings. The van der Waals surface area contributed by atoms with E-state index in [1.165, 1.54) is 0 Å². The highest BCUT2D eigenvalue weighted by atomic mass is 35.5. The maximum Gasteiger partial charge on any atom is 0.193 e. The molecular formula is C26H40Cl2O2Si2. The smallest absolute Gasteiger partial charge is 0.193 e. The number of hydrogen-bond donors (Lipinski definition) is 0. The predicted octanol–water partition coefficient (Wildman–Crippen LogP) is 9.82. The van der Waals surface area contributed by atoms with Gasteiger partial charge in [0.25, 0.3) is 0 Å². The van der Waals surface area contributed by atoms with E-state index >= 15 is 0 Å². The fourth-order valence-corrected chi connectivity index (χ4v) is 10.5. The van der Waals surface area contributed by atoms with Gasteiger partial charge in [-0.1, -0.05) is 89.0 Å². The lowest BCUT2D eigenvalue weighted by molar-refractivity contribution is 0.0366. The Hall–Kier alpha value is -0.626. The summed E-state index contributed by atoms with van der Waals surface area (Å²) < 4.78 is 14.4. The molecule has 0 aliphatic carbocycles. The molecule has 2 unspecified atom stereocenters. The molecule has 0 aromatic heterocycles. The standard InChI is InChI=1S/C26H40Cl2O2Si2/c1-7-31(8-2,9-3)29-25(21-15-13-17-23(27)19-21)26(22-16-14-18-24(28)20-22)30-32(10-4,11-5)12-6/h13-20,25-26H,7-12H2,1-6H3. The van der Waals surface area contributed by atoms with Crippen LogP contribution in [-0.2, 0) is 8.85 Å². The monoisotopic (exact) mass is 510 g/mol. The molecule has 0 saturated heterocycles. The zero-order valence-electron chi connectivity index (χ0n) is 20.6. The van der Waals surface area contributed by atoms with E-state index in [-0.39, 0.29) is 12.2 Å². The van der Waals surface area contributed by atoms with Gasteiger partial charge in [0.1, 0.15) is 0 Å². The lowest BCUT2D eigenvalue weighted by Crippen LogP contribution is -2.43. The first-order valence-electron chi connectivity index (χ1n) is 12.2. The third-order valence-electron chi connectivity index (χ3n) is 7.25. The minimum Gasteiger partial charge on any atom is -0.407 e. The zero-order chi connectivity index (χ0) is 23.8. The molecule has 32 heavy (non-hydrogen) atoms. The van der Waals surface area contributed by atoms with Crippen molar-refractivity contribution in [2.45, 2.75) is 90.0 Å². The minimum atomic E-state index is -1.94. The summed E-state index contributed by atoms with van der Waals surface area (Å²) in [5.74, 6) is 0. The van der Waals surface area contributed by atoms with Crippen LogP contribution in [0, 0.1) is 0 Å². The van der Waals surface area contributed by atoms with Crippen LogP contribution in [0.25, 0.3) is 0 Å². The lowest BCUT2D eigenvalue weighted by Gasteiger charge is -2.41. The highest BCUT2D eigenvalue weighted by Gasteiger charge is 2.41. The topological polar surface area (TPSA) is 18.5 Å². The highest BCUT2D eigenvalue weighted by molar-refractivity contribution is 6.74. The van der Waals surface area contributed by atoms with Gasteiger partial charge in [0, 0.05) is 10.0 Å². The van der Waals surface area contributed by atoms with Crippen LogP contribution in [0.15, 0.2) is 48.5 Å². The normalized spacial score (nSPS) is 14.4. The van der Waals surface area contributed by atoms with Crippen LogP contribution in [0.2, 0.25) is 46.3 Å². The van der Waals surface area contributed by atoms with Gasteiger partial charge in [-0.3, -0.25) is 0 Å². The SMILES string of the molecule is CC[Si](CC)(CC)OC(c1cccc(Cl)c1)C(O[Si](CC)(CC)CC)c1cccc(Cl)c1. The molecule has 178 valence electrons. The summed E-state index contributed by atoms with van der Waals surface area (Å²) in [6.07, 6.45) is -0.426. The summed E-state index contributed by atoms with van der Waals surface area (Å²) in [5, 5.41) is 1.45. The van der Waals surface area contributed by atoms with Crippen LogP contribution in [0.4, 0.5) is 0 Å². The van der Waals surface area contributed by atoms with E-state index in [0.29, 0.717) is 0 Å². The second-order valence-electron chi connectivity index (χ2n) is 8.67. The molecule has 0 radical (unpaired) electrons. The summed E-state index contributed by atoms with van der Waals surface area (Å²) in [7, 11) is -3.87. The molecule has 0 aliphatic heterocycles. The number of halogens is 2. The molecule has 0 aliphatic rings. The molecule has 0 amide bonds. The molecule has 0 spiro atoms. The van der Waals surface area contributed by atoms with Gasteiger partial charge >= 0.3 is 0 Å². The zero-order valence-corrected chi connectivity index (χ0v) is 24.1. The largest absolute Gasteiger partial charge is 0.407 e. The lowest BCUT2D eigenvalue weighted by atomic mass is 9.98. The van der Waals surface area contributed by atoms with Crippen LogP contribution in [-0.4, -0.2) is 16.6 Å². The van der Waals surface area contributed by atoms with Gasteiger partial charge < -0.3 is 8.85 Å². The predicted molar refractivity (Wildman–Crippen MR) is 145 cm³/mol. The minimum absolute atomic E-state index is 0.213. The molecule has 0 heterocycles. The maximum absolute atomic E-state index is 7.20. The van der Waals surface area contributed by atoms with Crippen molar-refractivity contribution in [1.82, 2.24) is 0 Å². The fourth-order valence-electron chi connectivity index (χ4n) is 4.52. The molecule has 2 aromatic rings. The number of benzene rings is 2. The summed E-state index contributed by atoms with van der Waals surface area (Å²) in [6, 6.07) is 22.7. The van der Waals surface area contributed by atoms with Crippen molar-refractivity contribution in [3.63, 3.8) is 0 Å². The van der Waals surface area contributed by atoms with E-state index < -0.39 is 16.6 Å². The molecule has 6 heteroatoms. The highest BCUT2D eigenvalue weighted by Crippen LogP contribution is 2.44. The van der Waals surface area contributed by atoms with Crippen LogP contribution in [0.1, 0.15) is 64.9 Å². The number of rotatable bonds is 13. The van der Waals surface area contributed by atoms with Gasteiger partial charge in [-0.05, 0) is 71.7 Å². The average Bonchev–Trinajstić information content (AvgIpc) is 2.82. The Balaban J connectivity index is 2.69. The van der Waals surface area contributed by atoms with Crippen molar-refractivity contribution in [2.75, 3.05) is 0 Å². The van der Waals surface area contributed by atoms with Crippen molar-refractivity contribution in [3.05, 3.63) is 69.7 Å². The average molecular weight is 512 g/mol. The van der Waals surface area contributed by atoms with Crippen molar-refractivity contribution >= 4 is 39.8 Å². The van der Waals surface area contributed by atoms with Gasteiger partial charge in [0.05, 0.1) is 12.2 Å². The molecule has 0 saturated carbocycles. The van der Waals surface area contributed by atoms with Gasteiger partial charge in [-0.25, -0.2) is 0 Å². The first-order chi connectivity index (χ1) is 15.3. The molecule has 0 bridgehead atoms. The molecule has 2 rings (SSSR count). The maximum atomic E-state index is 7.20. The Bertz CT molecular complexity index is 752. The van der Waals surface area contributed by atoms with Crippen molar-refractivity contribution in [1.29, 1.82) is 0 Å². The van der Waals surface area contributed by atoms with E-state index in [0.717, 1.165) is 57.4 Å². The van der Waals surface area contributed by atoms with Gasteiger partial charge in [0.15, 0.2) is 16.6 Å². The molecule has 2 atom stereocenters. The Labute approximate surface area is 207 Å². The first kappa shape index (κ1) is 27.6. The Morgan fingerprint density at radius 3 is 1.16 bits per heavy atom. The van der Waals surface area contributed by atoms with E-state index in [2.05, 4.69) is 53.7 Å². The van der Waals surface area contributed by atoms with Crippen LogP contribution in [0.5, 0.6) is 0 Å². The van der Waals surface area contributed by atoms with E-state index in [9.17, 15) is 0 Å². The van der Waals surface area contributed by atoms with Gasteiger partial charge in [-0.2, -0.15) is 0 Å². The second-order valence-corrected chi connectivity index (χ2v) is 19.0. The fraction of sp³-hybridized carbons (Fsp3) is 0.538. The number of hydrogen-bond acceptors (Lipinski definition) is 2. The van der Waals surface area contributed by atoms with E-state index in [4.69, 9.17) is 32.1 Å². The van der Waals surface area contributed by atoms with Crippen molar-refractivity contribution < 1.29 is 8.85 Å². The Morgan fingerprint density at radius 1 is 0.594 bits per heavy atom. The molecule has 2 aromatic carbocycles. The van der Waals surface area contributed by atoms with Crippen molar-refractivity contribution in [3.8, 4) is 0 Å². The summed E-state index contributed by atoms with van der Waals surface area (Å²) in [4.78, 5) is 0. The Kier molecular flexibility index (Phi) is 11.0. The van der Waals surface area contributed by atoms with Crippen LogP contribution >= 0.6 is 23.2 Å². The van der Waals surface area contributed by atoms with Gasteiger partial charge in [-0.15, -0.1) is 0 Å². The molecule has 2 nitrogen and oxygen atoms in total. The first-order valence-corrected chi connectivity index (χ1v) is 18.0. The third-order valence-corrected chi connectivity index (χ3v) is 17.0. The Morgan fingerprint density at radius 2 is 0.906 bits per heavy atom. The van der Waals surface area contributed by atoms with Crippen molar-refractivity contribution in [2.24, 2.45) is 0 Å². The van der Waals surface area contributed by atoms with Crippen LogP contribution < -0.4 is 0 Å². The van der Waals surface area contributed by atoms with Gasteiger partial charge in [0.2, 0.25) is 0 Å². The summed E-state index contributed by atoms with van der Waals surface area (Å²) in [6.45, 7) is 13.6. The van der Waals surface area contributed by atoms with Crippen LogP contribution in [0.3, 0.4) is 0 Å². The summed E-state index contributed by atoms with van der Waals surface area (Å²) >= 11 is 12.9. The second kappa shape index (κ2) is 12.7. The quantitative estimate of drug-likeness (QED) is 0.249. The van der Waals surface area contributed by atoms with E-state index in [1.54, 1.807) is 0 Å². The van der Waals surface area contributed by atoms with E-state index in [1.807, 2.05) is 36.4 Å². The third kappa shape index (κ3) is 6.71. The molecule has 0 N–H and O–H groups in total.